The highest BCUT2D eigenvalue weighted by atomic mass is 32.2. The third kappa shape index (κ3) is 2.57. The van der Waals surface area contributed by atoms with Crippen molar-refractivity contribution in [3.8, 4) is 0 Å². The van der Waals surface area contributed by atoms with Crippen molar-refractivity contribution in [2.75, 3.05) is 12.0 Å². The lowest BCUT2D eigenvalue weighted by molar-refractivity contribution is 0.574. The number of nitrogens with zero attached hydrogens (tertiary/aromatic N) is 4. The minimum Gasteiger partial charge on any atom is -0.229 e. The van der Waals surface area contributed by atoms with E-state index in [9.17, 15) is 8.42 Å². The van der Waals surface area contributed by atoms with E-state index in [0.717, 1.165) is 0 Å². The minimum absolute atomic E-state index is 0.0683. The lowest BCUT2D eigenvalue weighted by atomic mass is 10.6. The van der Waals surface area contributed by atoms with E-state index < -0.39 is 9.84 Å². The lowest BCUT2D eigenvalue weighted by Crippen LogP contribution is -2.13. The number of aryl methyl sites for hydroxylation is 2. The van der Waals surface area contributed by atoms with Gasteiger partial charge in [-0.1, -0.05) is 0 Å². The maximum Gasteiger partial charge on any atom is 0.149 e. The smallest absolute Gasteiger partial charge is 0.149 e. The van der Waals surface area contributed by atoms with Crippen LogP contribution in [0.1, 0.15) is 5.82 Å². The number of rotatable bonds is 3. The van der Waals surface area contributed by atoms with Crippen molar-refractivity contribution in [3.63, 3.8) is 0 Å². The standard InChI is InChI=1S/C5H10N4O2S/c1-5-6-7-8-9(5)3-4-12(2,10)11/h3-4H2,1-2H3. The van der Waals surface area contributed by atoms with Crippen molar-refractivity contribution in [3.05, 3.63) is 5.82 Å². The summed E-state index contributed by atoms with van der Waals surface area (Å²) < 4.78 is 23.0. The minimum atomic E-state index is -2.93. The van der Waals surface area contributed by atoms with Crippen molar-refractivity contribution >= 4 is 9.84 Å². The molecule has 7 heteroatoms. The summed E-state index contributed by atoms with van der Waals surface area (Å²) in [5.74, 6) is 0.692. The first kappa shape index (κ1) is 9.11. The molecule has 0 aromatic carbocycles. The van der Waals surface area contributed by atoms with Gasteiger partial charge in [-0.15, -0.1) is 5.10 Å². The molecular formula is C5H10N4O2S. The summed E-state index contributed by atoms with van der Waals surface area (Å²) in [4.78, 5) is 0. The molecule has 0 N–H and O–H groups in total. The van der Waals surface area contributed by atoms with Gasteiger partial charge in [0.1, 0.15) is 15.7 Å². The Morgan fingerprint density at radius 1 is 1.50 bits per heavy atom. The predicted octanol–water partition coefficient (Wildman–Crippen LogP) is -0.974. The third-order valence-electron chi connectivity index (χ3n) is 1.38. The van der Waals surface area contributed by atoms with Crippen LogP contribution in [-0.2, 0) is 16.4 Å². The Morgan fingerprint density at radius 3 is 2.58 bits per heavy atom. The quantitative estimate of drug-likeness (QED) is 0.612. The topological polar surface area (TPSA) is 77.7 Å². The fraction of sp³-hybridized carbons (Fsp3) is 0.800. The molecule has 0 aliphatic rings. The first-order chi connectivity index (χ1) is 5.49. The predicted molar refractivity (Wildman–Crippen MR) is 42.3 cm³/mol. The molecule has 6 nitrogen and oxygen atoms in total. The highest BCUT2D eigenvalue weighted by Crippen LogP contribution is 1.91. The van der Waals surface area contributed by atoms with Gasteiger partial charge in [0, 0.05) is 6.26 Å². The second-order valence-electron chi connectivity index (χ2n) is 2.58. The highest BCUT2D eigenvalue weighted by molar-refractivity contribution is 7.90. The average molecular weight is 190 g/mol. The largest absolute Gasteiger partial charge is 0.229 e. The van der Waals surface area contributed by atoms with Crippen LogP contribution in [0.2, 0.25) is 0 Å². The summed E-state index contributed by atoms with van der Waals surface area (Å²) >= 11 is 0. The number of sulfone groups is 1. The number of tetrazole rings is 1. The molecule has 0 saturated heterocycles. The molecule has 1 aromatic rings. The van der Waals surface area contributed by atoms with Crippen molar-refractivity contribution in [1.29, 1.82) is 0 Å². The van der Waals surface area contributed by atoms with E-state index in [4.69, 9.17) is 0 Å². The van der Waals surface area contributed by atoms with Gasteiger partial charge in [-0.2, -0.15) is 0 Å². The van der Waals surface area contributed by atoms with Gasteiger partial charge in [0.15, 0.2) is 0 Å². The van der Waals surface area contributed by atoms with E-state index in [1.54, 1.807) is 6.92 Å². The van der Waals surface area contributed by atoms with E-state index >= 15 is 0 Å². The normalized spacial score (nSPS) is 11.8. The van der Waals surface area contributed by atoms with E-state index in [0.29, 0.717) is 12.4 Å². The van der Waals surface area contributed by atoms with Gasteiger partial charge in [-0.25, -0.2) is 13.1 Å². The maximum atomic E-state index is 10.8. The van der Waals surface area contributed by atoms with Gasteiger partial charge in [-0.05, 0) is 17.4 Å². The summed E-state index contributed by atoms with van der Waals surface area (Å²) in [6, 6.07) is 0. The zero-order valence-electron chi connectivity index (χ0n) is 6.93. The fourth-order valence-corrected chi connectivity index (χ4v) is 1.21. The molecule has 0 radical (unpaired) electrons. The number of hydrogen-bond donors (Lipinski definition) is 0. The summed E-state index contributed by atoms with van der Waals surface area (Å²) in [5.41, 5.74) is 0. The Bertz CT molecular complexity index is 355. The summed E-state index contributed by atoms with van der Waals surface area (Å²) in [6.45, 7) is 2.04. The second-order valence-corrected chi connectivity index (χ2v) is 4.84. The zero-order chi connectivity index (χ0) is 9.19. The van der Waals surface area contributed by atoms with Crippen LogP contribution < -0.4 is 0 Å². The summed E-state index contributed by atoms with van der Waals surface area (Å²) in [5, 5.41) is 10.6. The molecule has 0 spiro atoms. The molecule has 0 unspecified atom stereocenters. The molecule has 0 aliphatic heterocycles. The van der Waals surface area contributed by atoms with Gasteiger partial charge in [0.2, 0.25) is 0 Å². The molecular weight excluding hydrogens is 180 g/mol. The monoisotopic (exact) mass is 190 g/mol. The Hall–Kier alpha value is -0.980. The van der Waals surface area contributed by atoms with Crippen LogP contribution in [0.5, 0.6) is 0 Å². The number of aromatic nitrogens is 4. The summed E-state index contributed by atoms with van der Waals surface area (Å²) in [6.07, 6.45) is 1.19. The molecule has 68 valence electrons. The maximum absolute atomic E-state index is 10.8. The van der Waals surface area contributed by atoms with Crippen LogP contribution in [0, 0.1) is 6.92 Å². The van der Waals surface area contributed by atoms with E-state index in [-0.39, 0.29) is 5.75 Å². The fourth-order valence-electron chi connectivity index (χ4n) is 0.708. The van der Waals surface area contributed by atoms with Crippen molar-refractivity contribution in [1.82, 2.24) is 20.2 Å². The SMILES string of the molecule is Cc1nnnn1CCS(C)(=O)=O. The van der Waals surface area contributed by atoms with E-state index in [1.165, 1.54) is 10.9 Å². The van der Waals surface area contributed by atoms with Gasteiger partial charge in [-0.3, -0.25) is 0 Å². The molecule has 0 fully saturated rings. The Kier molecular flexibility index (Phi) is 2.41. The van der Waals surface area contributed by atoms with Crippen LogP contribution in [0.25, 0.3) is 0 Å². The van der Waals surface area contributed by atoms with Gasteiger partial charge < -0.3 is 0 Å². The van der Waals surface area contributed by atoms with Crippen molar-refractivity contribution in [2.45, 2.75) is 13.5 Å². The molecule has 12 heavy (non-hydrogen) atoms. The molecule has 0 aliphatic carbocycles. The molecule has 0 bridgehead atoms. The number of hydrogen-bond acceptors (Lipinski definition) is 5. The van der Waals surface area contributed by atoms with E-state index in [1.807, 2.05) is 0 Å². The van der Waals surface area contributed by atoms with Crippen LogP contribution in [0.4, 0.5) is 0 Å². The Labute approximate surface area is 70.5 Å². The van der Waals surface area contributed by atoms with E-state index in [2.05, 4.69) is 15.5 Å². The lowest BCUT2D eigenvalue weighted by Gasteiger charge is -1.98. The van der Waals surface area contributed by atoms with Crippen LogP contribution in [-0.4, -0.2) is 40.6 Å². The van der Waals surface area contributed by atoms with Crippen LogP contribution >= 0.6 is 0 Å². The molecule has 0 amide bonds. The second kappa shape index (κ2) is 3.18. The van der Waals surface area contributed by atoms with Crippen LogP contribution in [0.3, 0.4) is 0 Å². The first-order valence-electron chi connectivity index (χ1n) is 3.39. The molecule has 1 heterocycles. The Morgan fingerprint density at radius 2 is 2.17 bits per heavy atom. The third-order valence-corrected chi connectivity index (χ3v) is 2.31. The molecule has 0 saturated carbocycles. The average Bonchev–Trinajstić information content (AvgIpc) is 2.29. The van der Waals surface area contributed by atoms with Gasteiger partial charge in [0.25, 0.3) is 0 Å². The van der Waals surface area contributed by atoms with Gasteiger partial charge in [0.05, 0.1) is 12.3 Å². The molecule has 0 atom stereocenters. The van der Waals surface area contributed by atoms with Crippen molar-refractivity contribution < 1.29 is 8.42 Å². The van der Waals surface area contributed by atoms with Crippen molar-refractivity contribution in [2.24, 2.45) is 0 Å². The van der Waals surface area contributed by atoms with Gasteiger partial charge >= 0.3 is 0 Å². The Balaban J connectivity index is 2.61. The molecule has 1 rings (SSSR count). The van der Waals surface area contributed by atoms with Crippen LogP contribution in [0.15, 0.2) is 0 Å². The first-order valence-corrected chi connectivity index (χ1v) is 5.45. The zero-order valence-corrected chi connectivity index (χ0v) is 7.74. The molecule has 1 aromatic heterocycles. The summed E-state index contributed by atoms with van der Waals surface area (Å²) in [7, 11) is -2.93. The highest BCUT2D eigenvalue weighted by Gasteiger charge is 2.05.